The molecular formula is C9H3BrF6O. The van der Waals surface area contributed by atoms with Crippen LogP contribution in [0.1, 0.15) is 21.5 Å². The Kier molecular flexibility index (Phi) is 3.56. The van der Waals surface area contributed by atoms with E-state index in [1.54, 1.807) is 0 Å². The van der Waals surface area contributed by atoms with Crippen LogP contribution in [0.5, 0.6) is 0 Å². The molecule has 0 aliphatic rings. The number of halogens is 7. The lowest BCUT2D eigenvalue weighted by Gasteiger charge is -2.17. The fourth-order valence-electron chi connectivity index (χ4n) is 1.21. The van der Waals surface area contributed by atoms with Crippen molar-refractivity contribution in [2.75, 3.05) is 0 Å². The highest BCUT2D eigenvalue weighted by molar-refractivity contribution is 9.10. The number of carbonyl (C=O) groups excluding carboxylic acids is 1. The van der Waals surface area contributed by atoms with Crippen LogP contribution in [-0.4, -0.2) is 6.29 Å². The van der Waals surface area contributed by atoms with E-state index in [0.29, 0.717) is 6.07 Å². The monoisotopic (exact) mass is 320 g/mol. The van der Waals surface area contributed by atoms with Crippen molar-refractivity contribution in [1.82, 2.24) is 0 Å². The van der Waals surface area contributed by atoms with Gasteiger partial charge < -0.3 is 0 Å². The van der Waals surface area contributed by atoms with Crippen molar-refractivity contribution in [3.8, 4) is 0 Å². The van der Waals surface area contributed by atoms with Gasteiger partial charge in [-0.1, -0.05) is 15.9 Å². The van der Waals surface area contributed by atoms with Gasteiger partial charge in [0.2, 0.25) is 0 Å². The van der Waals surface area contributed by atoms with Crippen molar-refractivity contribution < 1.29 is 31.1 Å². The molecule has 94 valence electrons. The molecule has 1 aromatic rings. The number of hydrogen-bond acceptors (Lipinski definition) is 1. The quantitative estimate of drug-likeness (QED) is 0.557. The van der Waals surface area contributed by atoms with Crippen LogP contribution in [0.3, 0.4) is 0 Å². The molecular weight excluding hydrogens is 318 g/mol. The normalized spacial score (nSPS) is 12.6. The van der Waals surface area contributed by atoms with Crippen LogP contribution in [0.15, 0.2) is 16.6 Å². The van der Waals surface area contributed by atoms with E-state index in [9.17, 15) is 31.1 Å². The second kappa shape index (κ2) is 4.32. The van der Waals surface area contributed by atoms with E-state index in [2.05, 4.69) is 15.9 Å². The van der Waals surface area contributed by atoms with Gasteiger partial charge in [-0.2, -0.15) is 26.3 Å². The molecule has 0 saturated heterocycles. The summed E-state index contributed by atoms with van der Waals surface area (Å²) in [5.41, 5.74) is -4.21. The van der Waals surface area contributed by atoms with Crippen LogP contribution < -0.4 is 0 Å². The molecule has 0 heterocycles. The first kappa shape index (κ1) is 14.0. The first-order valence-corrected chi connectivity index (χ1v) is 4.79. The molecule has 0 saturated carbocycles. The number of aldehydes is 1. The molecule has 1 rings (SSSR count). The third-order valence-electron chi connectivity index (χ3n) is 1.84. The van der Waals surface area contributed by atoms with Gasteiger partial charge in [-0.05, 0) is 12.1 Å². The van der Waals surface area contributed by atoms with E-state index in [4.69, 9.17) is 0 Å². The second-order valence-corrected chi connectivity index (χ2v) is 3.89. The van der Waals surface area contributed by atoms with E-state index in [1.807, 2.05) is 0 Å². The fraction of sp³-hybridized carbons (Fsp3) is 0.222. The van der Waals surface area contributed by atoms with Crippen molar-refractivity contribution in [3.05, 3.63) is 33.3 Å². The minimum absolute atomic E-state index is 0.0418. The number of carbonyl (C=O) groups is 1. The molecule has 0 fully saturated rings. The minimum atomic E-state index is -5.19. The van der Waals surface area contributed by atoms with Gasteiger partial charge in [-0.15, -0.1) is 0 Å². The topological polar surface area (TPSA) is 17.1 Å². The zero-order chi connectivity index (χ0) is 13.4. The highest BCUT2D eigenvalue weighted by atomic mass is 79.9. The molecule has 0 bridgehead atoms. The first-order valence-electron chi connectivity index (χ1n) is 4.00. The predicted octanol–water partition coefficient (Wildman–Crippen LogP) is 4.30. The molecule has 0 spiro atoms. The third-order valence-corrected chi connectivity index (χ3v) is 2.46. The third kappa shape index (κ3) is 2.99. The van der Waals surface area contributed by atoms with Crippen molar-refractivity contribution in [3.63, 3.8) is 0 Å². The molecule has 0 atom stereocenters. The summed E-state index contributed by atoms with van der Waals surface area (Å²) in [7, 11) is 0. The lowest BCUT2D eigenvalue weighted by Crippen LogP contribution is -2.17. The first-order chi connectivity index (χ1) is 7.57. The Labute approximate surface area is 99.5 Å². The lowest BCUT2D eigenvalue weighted by atomic mass is 10.0. The second-order valence-electron chi connectivity index (χ2n) is 3.04. The van der Waals surface area contributed by atoms with Gasteiger partial charge in [-0.25, -0.2) is 0 Å². The largest absolute Gasteiger partial charge is 0.418 e. The van der Waals surface area contributed by atoms with E-state index in [-0.39, 0.29) is 12.4 Å². The van der Waals surface area contributed by atoms with Crippen LogP contribution in [-0.2, 0) is 12.4 Å². The van der Waals surface area contributed by atoms with Gasteiger partial charge >= 0.3 is 12.4 Å². The maximum atomic E-state index is 12.5. The Balaban J connectivity index is 3.63. The highest BCUT2D eigenvalue weighted by Crippen LogP contribution is 2.44. The van der Waals surface area contributed by atoms with Crippen LogP contribution in [0.2, 0.25) is 0 Å². The van der Waals surface area contributed by atoms with E-state index >= 15 is 0 Å². The minimum Gasteiger partial charge on any atom is -0.298 e. The molecule has 1 aromatic carbocycles. The average molecular weight is 321 g/mol. The molecule has 0 aliphatic carbocycles. The van der Waals surface area contributed by atoms with Gasteiger partial charge in [0.25, 0.3) is 0 Å². The van der Waals surface area contributed by atoms with E-state index in [0.717, 1.165) is 0 Å². The summed E-state index contributed by atoms with van der Waals surface area (Å²) in [5, 5.41) is 0. The maximum Gasteiger partial charge on any atom is 0.418 e. The highest BCUT2D eigenvalue weighted by Gasteiger charge is 2.44. The van der Waals surface area contributed by atoms with Gasteiger partial charge in [-0.3, -0.25) is 4.79 Å². The van der Waals surface area contributed by atoms with E-state index < -0.39 is 33.5 Å². The van der Waals surface area contributed by atoms with E-state index in [1.165, 1.54) is 0 Å². The predicted molar refractivity (Wildman–Crippen MR) is 49.5 cm³/mol. The molecule has 0 aromatic heterocycles. The standard InChI is InChI=1S/C9H3BrF6O/c10-6-2-4(3-17)1-5(8(11,12)13)7(6)9(14,15)16/h1-3H. The Morgan fingerprint density at radius 3 is 1.88 bits per heavy atom. The van der Waals surface area contributed by atoms with Crippen molar-refractivity contribution in [1.29, 1.82) is 0 Å². The summed E-state index contributed by atoms with van der Waals surface area (Å²) in [6, 6.07) is 0.853. The summed E-state index contributed by atoms with van der Waals surface area (Å²) in [4.78, 5) is 10.3. The molecule has 0 N–H and O–H groups in total. The molecule has 0 unspecified atom stereocenters. The molecule has 0 amide bonds. The summed E-state index contributed by atoms with van der Waals surface area (Å²) >= 11 is 2.39. The summed E-state index contributed by atoms with van der Waals surface area (Å²) < 4.78 is 73.9. The van der Waals surface area contributed by atoms with Gasteiger partial charge in [0.15, 0.2) is 0 Å². The number of hydrogen-bond donors (Lipinski definition) is 0. The molecule has 17 heavy (non-hydrogen) atoms. The summed E-state index contributed by atoms with van der Waals surface area (Å²) in [6.45, 7) is 0. The van der Waals surface area contributed by atoms with Gasteiger partial charge in [0, 0.05) is 10.0 Å². The average Bonchev–Trinajstić information content (AvgIpc) is 2.12. The molecule has 1 nitrogen and oxygen atoms in total. The Morgan fingerprint density at radius 1 is 1.00 bits per heavy atom. The Bertz CT molecular complexity index is 448. The summed E-state index contributed by atoms with van der Waals surface area (Å²) in [6.07, 6.45) is -10.3. The number of alkyl halides is 6. The number of rotatable bonds is 1. The number of benzene rings is 1. The van der Waals surface area contributed by atoms with Crippen molar-refractivity contribution >= 4 is 22.2 Å². The molecule has 0 aliphatic heterocycles. The fourth-order valence-corrected chi connectivity index (χ4v) is 1.91. The van der Waals surface area contributed by atoms with Gasteiger partial charge in [0.05, 0.1) is 11.1 Å². The van der Waals surface area contributed by atoms with Crippen LogP contribution >= 0.6 is 15.9 Å². The SMILES string of the molecule is O=Cc1cc(Br)c(C(F)(F)F)c(C(F)(F)F)c1. The van der Waals surface area contributed by atoms with Crippen LogP contribution in [0, 0.1) is 0 Å². The maximum absolute atomic E-state index is 12.5. The lowest BCUT2D eigenvalue weighted by molar-refractivity contribution is -0.162. The summed E-state index contributed by atoms with van der Waals surface area (Å²) in [5.74, 6) is 0. The van der Waals surface area contributed by atoms with Gasteiger partial charge in [0.1, 0.15) is 6.29 Å². The zero-order valence-electron chi connectivity index (χ0n) is 7.79. The molecule has 8 heteroatoms. The van der Waals surface area contributed by atoms with Crippen LogP contribution in [0.25, 0.3) is 0 Å². The van der Waals surface area contributed by atoms with Crippen molar-refractivity contribution in [2.45, 2.75) is 12.4 Å². The smallest absolute Gasteiger partial charge is 0.298 e. The Hall–Kier alpha value is -1.05. The zero-order valence-corrected chi connectivity index (χ0v) is 9.37. The molecule has 0 radical (unpaired) electrons. The van der Waals surface area contributed by atoms with Crippen molar-refractivity contribution in [2.24, 2.45) is 0 Å². The van der Waals surface area contributed by atoms with Crippen LogP contribution in [0.4, 0.5) is 26.3 Å². The Morgan fingerprint density at radius 2 is 1.53 bits per heavy atom.